The first-order valence-corrected chi connectivity index (χ1v) is 4.53. The number of benzene rings is 1. The van der Waals surface area contributed by atoms with Crippen LogP contribution in [0.25, 0.3) is 0 Å². The van der Waals surface area contributed by atoms with E-state index >= 15 is 0 Å². The molecule has 0 aliphatic rings. The lowest BCUT2D eigenvalue weighted by Gasteiger charge is -2.10. The van der Waals surface area contributed by atoms with Crippen LogP contribution in [-0.2, 0) is 6.42 Å². The molecule has 6 heteroatoms. The molecule has 16 heavy (non-hydrogen) atoms. The number of hydrogen-bond donors (Lipinski definition) is 3. The molecule has 4 nitrogen and oxygen atoms in total. The van der Waals surface area contributed by atoms with Crippen LogP contribution in [-0.4, -0.2) is 28.8 Å². The Kier molecular flexibility index (Phi) is 3.92. The molecule has 1 aromatic carbocycles. The zero-order chi connectivity index (χ0) is 12.3. The number of primary amides is 1. The highest BCUT2D eigenvalue weighted by Crippen LogP contribution is 2.18. The average molecular weight is 231 g/mol. The minimum Gasteiger partial charge on any atom is -0.394 e. The van der Waals surface area contributed by atoms with Gasteiger partial charge in [-0.05, 0) is 12.1 Å². The summed E-state index contributed by atoms with van der Waals surface area (Å²) in [6.45, 7) is -0.625. The monoisotopic (exact) mass is 231 g/mol. The Balaban J connectivity index is 3.16. The topological polar surface area (TPSA) is 83.6 Å². The summed E-state index contributed by atoms with van der Waals surface area (Å²) in [5, 5.41) is 17.7. The van der Waals surface area contributed by atoms with Crippen LogP contribution >= 0.6 is 0 Å². The molecule has 0 heterocycles. The van der Waals surface area contributed by atoms with Gasteiger partial charge >= 0.3 is 0 Å². The first-order chi connectivity index (χ1) is 7.47. The van der Waals surface area contributed by atoms with Gasteiger partial charge in [-0.3, -0.25) is 4.79 Å². The molecule has 0 fully saturated rings. The summed E-state index contributed by atoms with van der Waals surface area (Å²) >= 11 is 0. The summed E-state index contributed by atoms with van der Waals surface area (Å²) < 4.78 is 26.8. The van der Waals surface area contributed by atoms with Crippen molar-refractivity contribution in [1.29, 1.82) is 0 Å². The molecule has 4 N–H and O–H groups in total. The van der Waals surface area contributed by atoms with Crippen molar-refractivity contribution < 1.29 is 23.8 Å². The van der Waals surface area contributed by atoms with Gasteiger partial charge in [0.1, 0.15) is 11.6 Å². The number of aliphatic hydroxyl groups excluding tert-OH is 2. The summed E-state index contributed by atoms with van der Waals surface area (Å²) in [7, 11) is 0. The molecule has 0 spiro atoms. The SMILES string of the molecule is NC(=O)c1ccc(F)c(CC(O)CO)c1F. The van der Waals surface area contributed by atoms with Gasteiger partial charge in [0.25, 0.3) is 5.91 Å². The molecule has 1 atom stereocenters. The third-order valence-electron chi connectivity index (χ3n) is 2.10. The average Bonchev–Trinajstić information content (AvgIpc) is 2.23. The van der Waals surface area contributed by atoms with Crippen LogP contribution in [0.2, 0.25) is 0 Å². The Morgan fingerprint density at radius 2 is 2.06 bits per heavy atom. The van der Waals surface area contributed by atoms with Gasteiger partial charge in [0.05, 0.1) is 18.3 Å². The largest absolute Gasteiger partial charge is 0.394 e. The molecule has 0 aliphatic carbocycles. The highest BCUT2D eigenvalue weighted by molar-refractivity contribution is 5.93. The van der Waals surface area contributed by atoms with Crippen molar-refractivity contribution in [2.75, 3.05) is 6.61 Å². The molecule has 1 aromatic rings. The molecule has 1 unspecified atom stereocenters. The summed E-state index contributed by atoms with van der Waals surface area (Å²) in [5.41, 5.74) is 3.98. The Morgan fingerprint density at radius 1 is 1.44 bits per heavy atom. The van der Waals surface area contributed by atoms with Gasteiger partial charge in [0, 0.05) is 12.0 Å². The lowest BCUT2D eigenvalue weighted by molar-refractivity contribution is 0.0935. The first-order valence-electron chi connectivity index (χ1n) is 4.53. The number of halogens is 2. The second kappa shape index (κ2) is 5.00. The highest BCUT2D eigenvalue weighted by atomic mass is 19.1. The number of carbonyl (C=O) groups excluding carboxylic acids is 1. The van der Waals surface area contributed by atoms with E-state index in [1.165, 1.54) is 0 Å². The molecular formula is C10H11F2NO3. The second-order valence-corrected chi connectivity index (χ2v) is 3.29. The number of aliphatic hydroxyl groups is 2. The number of amides is 1. The zero-order valence-corrected chi connectivity index (χ0v) is 8.28. The predicted molar refractivity (Wildman–Crippen MR) is 51.7 cm³/mol. The Hall–Kier alpha value is -1.53. The van der Waals surface area contributed by atoms with Crippen LogP contribution in [0, 0.1) is 11.6 Å². The first kappa shape index (κ1) is 12.5. The molecule has 1 amide bonds. The van der Waals surface area contributed by atoms with Gasteiger partial charge < -0.3 is 15.9 Å². The second-order valence-electron chi connectivity index (χ2n) is 3.29. The van der Waals surface area contributed by atoms with E-state index in [1.807, 2.05) is 0 Å². The van der Waals surface area contributed by atoms with Gasteiger partial charge in [-0.1, -0.05) is 0 Å². The fourth-order valence-corrected chi connectivity index (χ4v) is 1.28. The van der Waals surface area contributed by atoms with Crippen LogP contribution in [0.1, 0.15) is 15.9 Å². The number of hydrogen-bond acceptors (Lipinski definition) is 3. The molecule has 0 radical (unpaired) electrons. The van der Waals surface area contributed by atoms with E-state index in [4.69, 9.17) is 15.9 Å². The van der Waals surface area contributed by atoms with Crippen molar-refractivity contribution in [1.82, 2.24) is 0 Å². The van der Waals surface area contributed by atoms with Crippen molar-refractivity contribution >= 4 is 5.91 Å². The van der Waals surface area contributed by atoms with E-state index < -0.39 is 47.8 Å². The van der Waals surface area contributed by atoms with E-state index in [9.17, 15) is 13.6 Å². The van der Waals surface area contributed by atoms with Crippen molar-refractivity contribution in [2.45, 2.75) is 12.5 Å². The minimum atomic E-state index is -1.29. The minimum absolute atomic E-state index is 0.421. The van der Waals surface area contributed by atoms with E-state index in [0.29, 0.717) is 0 Å². The van der Waals surface area contributed by atoms with Gasteiger partial charge in [0.2, 0.25) is 0 Å². The molecule has 0 saturated heterocycles. The lowest BCUT2D eigenvalue weighted by atomic mass is 10.0. The zero-order valence-electron chi connectivity index (χ0n) is 8.28. The third-order valence-corrected chi connectivity index (χ3v) is 2.10. The smallest absolute Gasteiger partial charge is 0.251 e. The van der Waals surface area contributed by atoms with Gasteiger partial charge in [-0.15, -0.1) is 0 Å². The van der Waals surface area contributed by atoms with Gasteiger partial charge in [-0.25, -0.2) is 8.78 Å². The molecule has 0 bridgehead atoms. The predicted octanol–water partition coefficient (Wildman–Crippen LogP) is -0.0406. The number of nitrogens with two attached hydrogens (primary N) is 1. The maximum Gasteiger partial charge on any atom is 0.251 e. The van der Waals surface area contributed by atoms with Gasteiger partial charge in [-0.2, -0.15) is 0 Å². The molecule has 0 aromatic heterocycles. The summed E-state index contributed by atoms with van der Waals surface area (Å²) in [6.07, 6.45) is -1.71. The molecule has 88 valence electrons. The molecule has 1 rings (SSSR count). The Morgan fingerprint density at radius 3 is 2.56 bits per heavy atom. The van der Waals surface area contributed by atoms with Crippen molar-refractivity contribution in [2.24, 2.45) is 5.73 Å². The van der Waals surface area contributed by atoms with Crippen LogP contribution < -0.4 is 5.73 Å². The Bertz CT molecular complexity index is 409. The highest BCUT2D eigenvalue weighted by Gasteiger charge is 2.18. The van der Waals surface area contributed by atoms with Crippen LogP contribution in [0.5, 0.6) is 0 Å². The fraction of sp³-hybridized carbons (Fsp3) is 0.300. The van der Waals surface area contributed by atoms with Crippen LogP contribution in [0.15, 0.2) is 12.1 Å². The van der Waals surface area contributed by atoms with E-state index in [2.05, 4.69) is 0 Å². The molecule has 0 aliphatic heterocycles. The standard InChI is InChI=1S/C10H11F2NO3/c11-8-2-1-6(10(13)16)9(12)7(8)3-5(15)4-14/h1-2,5,14-15H,3-4H2,(H2,13,16). The van der Waals surface area contributed by atoms with E-state index in [-0.39, 0.29) is 0 Å². The third kappa shape index (κ3) is 2.53. The quantitative estimate of drug-likeness (QED) is 0.679. The number of carbonyl (C=O) groups is 1. The lowest BCUT2D eigenvalue weighted by Crippen LogP contribution is -2.20. The maximum absolute atomic E-state index is 13.5. The van der Waals surface area contributed by atoms with Crippen LogP contribution in [0.3, 0.4) is 0 Å². The van der Waals surface area contributed by atoms with E-state index in [1.54, 1.807) is 0 Å². The normalized spacial score (nSPS) is 12.5. The molecular weight excluding hydrogens is 220 g/mol. The van der Waals surface area contributed by atoms with Crippen molar-refractivity contribution in [3.8, 4) is 0 Å². The Labute approximate surface area is 90.3 Å². The van der Waals surface area contributed by atoms with E-state index in [0.717, 1.165) is 12.1 Å². The van der Waals surface area contributed by atoms with Crippen molar-refractivity contribution in [3.63, 3.8) is 0 Å². The van der Waals surface area contributed by atoms with Gasteiger partial charge in [0.15, 0.2) is 0 Å². The maximum atomic E-state index is 13.5. The summed E-state index contributed by atoms with van der Waals surface area (Å²) in [5.74, 6) is -3.01. The summed E-state index contributed by atoms with van der Waals surface area (Å²) in [6, 6.07) is 1.82. The summed E-state index contributed by atoms with van der Waals surface area (Å²) in [4.78, 5) is 10.8. The molecule has 0 saturated carbocycles. The number of rotatable bonds is 4. The van der Waals surface area contributed by atoms with Crippen molar-refractivity contribution in [3.05, 3.63) is 34.9 Å². The van der Waals surface area contributed by atoms with Crippen LogP contribution in [0.4, 0.5) is 8.78 Å². The fourth-order valence-electron chi connectivity index (χ4n) is 1.28.